The van der Waals surface area contributed by atoms with Crippen LogP contribution in [0.5, 0.6) is 11.5 Å². The molecule has 2 rings (SSSR count). The molecule has 0 unspecified atom stereocenters. The molecule has 1 N–H and O–H groups in total. The standard InChI is InChI=1S/C15H19NO3S/c1-10-14(15(2,3)17)20-13(16-10)9-19-12-7-5-11(18-4)6-8-12/h5-8,17H,9H2,1-4H3. The average molecular weight is 293 g/mol. The van der Waals surface area contributed by atoms with E-state index in [1.807, 2.05) is 31.2 Å². The number of ether oxygens (including phenoxy) is 2. The summed E-state index contributed by atoms with van der Waals surface area (Å²) in [5.41, 5.74) is -0.00375. The van der Waals surface area contributed by atoms with Gasteiger partial charge in [0.2, 0.25) is 0 Å². The Hall–Kier alpha value is -1.59. The van der Waals surface area contributed by atoms with Crippen LogP contribution >= 0.6 is 11.3 Å². The zero-order valence-electron chi connectivity index (χ0n) is 12.1. The van der Waals surface area contributed by atoms with Gasteiger partial charge in [-0.25, -0.2) is 4.98 Å². The van der Waals surface area contributed by atoms with Crippen molar-refractivity contribution in [2.45, 2.75) is 33.0 Å². The van der Waals surface area contributed by atoms with Gasteiger partial charge in [-0.3, -0.25) is 0 Å². The van der Waals surface area contributed by atoms with Crippen LogP contribution in [0.1, 0.15) is 29.4 Å². The van der Waals surface area contributed by atoms with Gasteiger partial charge in [-0.1, -0.05) is 0 Å². The third-order valence-electron chi connectivity index (χ3n) is 2.82. The van der Waals surface area contributed by atoms with Crippen LogP contribution in [0.25, 0.3) is 0 Å². The SMILES string of the molecule is COc1ccc(OCc2nc(C)c(C(C)(C)O)s2)cc1. The van der Waals surface area contributed by atoms with Crippen LogP contribution in [-0.2, 0) is 12.2 Å². The maximum atomic E-state index is 10.0. The molecule has 0 radical (unpaired) electrons. The normalized spacial score (nSPS) is 11.4. The van der Waals surface area contributed by atoms with Crippen molar-refractivity contribution >= 4 is 11.3 Å². The van der Waals surface area contributed by atoms with Crippen LogP contribution in [0.3, 0.4) is 0 Å². The van der Waals surface area contributed by atoms with E-state index in [9.17, 15) is 5.11 Å². The topological polar surface area (TPSA) is 51.6 Å². The number of aryl methyl sites for hydroxylation is 1. The first-order valence-corrected chi connectivity index (χ1v) is 7.18. The van der Waals surface area contributed by atoms with Crippen molar-refractivity contribution in [2.24, 2.45) is 0 Å². The fraction of sp³-hybridized carbons (Fsp3) is 0.400. The molecule has 1 aromatic heterocycles. The molecular formula is C15H19NO3S. The van der Waals surface area contributed by atoms with Crippen molar-refractivity contribution in [3.05, 3.63) is 39.8 Å². The molecule has 0 amide bonds. The minimum absolute atomic E-state index is 0.397. The number of thiazole rings is 1. The van der Waals surface area contributed by atoms with Crippen molar-refractivity contribution < 1.29 is 14.6 Å². The Balaban J connectivity index is 2.03. The summed E-state index contributed by atoms with van der Waals surface area (Å²) in [6.07, 6.45) is 0. The Morgan fingerprint density at radius 1 is 1.20 bits per heavy atom. The first kappa shape index (κ1) is 14.8. The van der Waals surface area contributed by atoms with Crippen LogP contribution in [0, 0.1) is 6.92 Å². The number of rotatable bonds is 5. The van der Waals surface area contributed by atoms with Crippen LogP contribution < -0.4 is 9.47 Å². The quantitative estimate of drug-likeness (QED) is 0.919. The number of nitrogens with zero attached hydrogens (tertiary/aromatic N) is 1. The molecule has 0 bridgehead atoms. The lowest BCUT2D eigenvalue weighted by Crippen LogP contribution is -2.14. The minimum Gasteiger partial charge on any atom is -0.497 e. The van der Waals surface area contributed by atoms with Crippen LogP contribution in [0.15, 0.2) is 24.3 Å². The van der Waals surface area contributed by atoms with Gasteiger partial charge >= 0.3 is 0 Å². The largest absolute Gasteiger partial charge is 0.497 e. The maximum Gasteiger partial charge on any atom is 0.140 e. The summed E-state index contributed by atoms with van der Waals surface area (Å²) in [5.74, 6) is 1.57. The summed E-state index contributed by atoms with van der Waals surface area (Å²) in [4.78, 5) is 5.32. The summed E-state index contributed by atoms with van der Waals surface area (Å²) in [6, 6.07) is 7.42. The fourth-order valence-corrected chi connectivity index (χ4v) is 2.88. The Bertz CT molecular complexity index is 570. The molecule has 0 aliphatic rings. The van der Waals surface area contributed by atoms with E-state index in [-0.39, 0.29) is 0 Å². The van der Waals surface area contributed by atoms with E-state index >= 15 is 0 Å². The van der Waals surface area contributed by atoms with E-state index in [1.54, 1.807) is 21.0 Å². The maximum absolute atomic E-state index is 10.0. The van der Waals surface area contributed by atoms with Gasteiger partial charge in [0.25, 0.3) is 0 Å². The van der Waals surface area contributed by atoms with Crippen molar-refractivity contribution in [1.29, 1.82) is 0 Å². The molecule has 1 aromatic carbocycles. The van der Waals surface area contributed by atoms with E-state index in [0.29, 0.717) is 6.61 Å². The molecule has 0 aliphatic carbocycles. The lowest BCUT2D eigenvalue weighted by atomic mass is 10.1. The van der Waals surface area contributed by atoms with Gasteiger partial charge in [0, 0.05) is 0 Å². The first-order chi connectivity index (χ1) is 9.40. The third-order valence-corrected chi connectivity index (χ3v) is 4.26. The second kappa shape index (κ2) is 5.81. The second-order valence-corrected chi connectivity index (χ2v) is 6.13. The first-order valence-electron chi connectivity index (χ1n) is 6.36. The number of hydrogen-bond acceptors (Lipinski definition) is 5. The minimum atomic E-state index is -0.861. The molecule has 1 heterocycles. The molecule has 0 saturated carbocycles. The monoisotopic (exact) mass is 293 g/mol. The van der Waals surface area contributed by atoms with Gasteiger partial charge < -0.3 is 14.6 Å². The summed E-state index contributed by atoms with van der Waals surface area (Å²) < 4.78 is 10.8. The summed E-state index contributed by atoms with van der Waals surface area (Å²) in [7, 11) is 1.63. The highest BCUT2D eigenvalue weighted by atomic mass is 32.1. The molecule has 0 aliphatic heterocycles. The van der Waals surface area contributed by atoms with Gasteiger partial charge in [0.05, 0.1) is 23.3 Å². The zero-order valence-corrected chi connectivity index (χ0v) is 13.0. The molecule has 0 saturated heterocycles. The number of benzene rings is 1. The lowest BCUT2D eigenvalue weighted by molar-refractivity contribution is 0.0817. The number of hydrogen-bond donors (Lipinski definition) is 1. The van der Waals surface area contributed by atoms with Crippen molar-refractivity contribution in [3.63, 3.8) is 0 Å². The molecule has 2 aromatic rings. The van der Waals surface area contributed by atoms with Gasteiger partial charge in [-0.15, -0.1) is 11.3 Å². The van der Waals surface area contributed by atoms with Crippen molar-refractivity contribution in [2.75, 3.05) is 7.11 Å². The van der Waals surface area contributed by atoms with Crippen molar-refractivity contribution in [3.8, 4) is 11.5 Å². The van der Waals surface area contributed by atoms with E-state index in [4.69, 9.17) is 9.47 Å². The zero-order chi connectivity index (χ0) is 14.8. The van der Waals surface area contributed by atoms with Crippen LogP contribution in [-0.4, -0.2) is 17.2 Å². The van der Waals surface area contributed by atoms with Gasteiger partial charge in [-0.2, -0.15) is 0 Å². The van der Waals surface area contributed by atoms with Crippen LogP contribution in [0.2, 0.25) is 0 Å². The number of aliphatic hydroxyl groups is 1. The fourth-order valence-electron chi connectivity index (χ4n) is 1.90. The molecule has 0 fully saturated rings. The predicted octanol–water partition coefficient (Wildman–Crippen LogP) is 3.27. The molecular weight excluding hydrogens is 274 g/mol. The molecule has 5 heteroatoms. The van der Waals surface area contributed by atoms with Gasteiger partial charge in [0.1, 0.15) is 23.1 Å². The van der Waals surface area contributed by atoms with E-state index < -0.39 is 5.60 Å². The second-order valence-electron chi connectivity index (χ2n) is 5.05. The number of methoxy groups -OCH3 is 1. The molecule has 0 atom stereocenters. The highest BCUT2D eigenvalue weighted by Crippen LogP contribution is 2.30. The highest BCUT2D eigenvalue weighted by molar-refractivity contribution is 7.11. The van der Waals surface area contributed by atoms with E-state index in [2.05, 4.69) is 4.98 Å². The summed E-state index contributed by atoms with van der Waals surface area (Å²) in [6.45, 7) is 5.83. The molecule has 0 spiro atoms. The number of aromatic nitrogens is 1. The highest BCUT2D eigenvalue weighted by Gasteiger charge is 2.22. The third kappa shape index (κ3) is 3.49. The smallest absolute Gasteiger partial charge is 0.140 e. The van der Waals surface area contributed by atoms with Crippen LogP contribution in [0.4, 0.5) is 0 Å². The summed E-state index contributed by atoms with van der Waals surface area (Å²) in [5, 5.41) is 10.9. The Kier molecular flexibility index (Phi) is 4.30. The van der Waals surface area contributed by atoms with E-state index in [1.165, 1.54) is 11.3 Å². The molecule has 108 valence electrons. The Labute approximate surface area is 123 Å². The van der Waals surface area contributed by atoms with Gasteiger partial charge in [0.15, 0.2) is 0 Å². The Morgan fingerprint density at radius 2 is 1.80 bits per heavy atom. The van der Waals surface area contributed by atoms with E-state index in [0.717, 1.165) is 27.1 Å². The molecule has 4 nitrogen and oxygen atoms in total. The summed E-state index contributed by atoms with van der Waals surface area (Å²) >= 11 is 1.48. The van der Waals surface area contributed by atoms with Gasteiger partial charge in [-0.05, 0) is 45.0 Å². The van der Waals surface area contributed by atoms with Crippen molar-refractivity contribution in [1.82, 2.24) is 4.98 Å². The Morgan fingerprint density at radius 3 is 2.30 bits per heavy atom. The lowest BCUT2D eigenvalue weighted by Gasteiger charge is -2.14. The average Bonchev–Trinajstić information content (AvgIpc) is 2.78. The predicted molar refractivity (Wildman–Crippen MR) is 79.4 cm³/mol. The molecule has 20 heavy (non-hydrogen) atoms.